The molecule has 6 nitrogen and oxygen atoms in total. The normalized spacial score (nSPS) is 15.9. The first-order valence-electron chi connectivity index (χ1n) is 7.51. The van der Waals surface area contributed by atoms with Gasteiger partial charge in [0.1, 0.15) is 4.21 Å². The molecule has 23 heavy (non-hydrogen) atoms. The summed E-state index contributed by atoms with van der Waals surface area (Å²) in [5, 5.41) is 6.18. The highest BCUT2D eigenvalue weighted by Gasteiger charge is 2.16. The number of thiophene rings is 1. The Kier molecular flexibility index (Phi) is 8.49. The van der Waals surface area contributed by atoms with Gasteiger partial charge in [-0.25, -0.2) is 13.1 Å². The third-order valence-corrected chi connectivity index (χ3v) is 6.86. The van der Waals surface area contributed by atoms with Gasteiger partial charge in [0.25, 0.3) is 0 Å². The molecule has 3 N–H and O–H groups in total. The molecule has 0 aliphatic carbocycles. The smallest absolute Gasteiger partial charge is 0.249 e. The summed E-state index contributed by atoms with van der Waals surface area (Å²) in [5.41, 5.74) is 0. The van der Waals surface area contributed by atoms with Crippen LogP contribution in [0.25, 0.3) is 0 Å². The summed E-state index contributed by atoms with van der Waals surface area (Å²) >= 11 is 1.18. The van der Waals surface area contributed by atoms with Crippen molar-refractivity contribution in [3.63, 3.8) is 0 Å². The second kappa shape index (κ2) is 9.58. The van der Waals surface area contributed by atoms with Crippen LogP contribution in [0.3, 0.4) is 0 Å². The van der Waals surface area contributed by atoms with Crippen LogP contribution in [0.2, 0.25) is 0 Å². The summed E-state index contributed by atoms with van der Waals surface area (Å²) < 4.78 is 25.8. The van der Waals surface area contributed by atoms with Gasteiger partial charge in [0.05, 0.1) is 6.54 Å². The average molecular weight is 382 g/mol. The lowest BCUT2D eigenvalue weighted by Crippen LogP contribution is -2.29. The summed E-state index contributed by atoms with van der Waals surface area (Å²) in [5.74, 6) is 0.672. The Morgan fingerprint density at radius 2 is 2.04 bits per heavy atom. The number of carbonyl (C=O) groups excluding carboxylic acids is 1. The molecule has 0 unspecified atom stereocenters. The van der Waals surface area contributed by atoms with Gasteiger partial charge in [0.2, 0.25) is 15.9 Å². The fraction of sp³-hybridized carbons (Fsp3) is 0.643. The molecule has 1 aliphatic rings. The zero-order valence-corrected chi connectivity index (χ0v) is 15.6. The lowest BCUT2D eigenvalue weighted by atomic mass is 9.93. The molecular weight excluding hydrogens is 358 g/mol. The summed E-state index contributed by atoms with van der Waals surface area (Å²) in [4.78, 5) is 12.7. The van der Waals surface area contributed by atoms with E-state index in [4.69, 9.17) is 0 Å². The molecule has 1 fully saturated rings. The van der Waals surface area contributed by atoms with Crippen molar-refractivity contribution in [1.29, 1.82) is 0 Å². The van der Waals surface area contributed by atoms with E-state index in [-0.39, 0.29) is 22.5 Å². The highest BCUT2D eigenvalue weighted by atomic mass is 35.5. The maximum atomic E-state index is 11.9. The van der Waals surface area contributed by atoms with Gasteiger partial charge in [-0.15, -0.1) is 23.7 Å². The van der Waals surface area contributed by atoms with E-state index in [1.165, 1.54) is 18.4 Å². The van der Waals surface area contributed by atoms with Gasteiger partial charge in [-0.1, -0.05) is 0 Å². The second-order valence-electron chi connectivity index (χ2n) is 5.44. The van der Waals surface area contributed by atoms with Crippen molar-refractivity contribution in [1.82, 2.24) is 15.4 Å². The molecule has 2 rings (SSSR count). The van der Waals surface area contributed by atoms with Gasteiger partial charge in [-0.2, -0.15) is 0 Å². The molecule has 1 amide bonds. The van der Waals surface area contributed by atoms with E-state index < -0.39 is 10.0 Å². The number of sulfonamides is 1. The number of hydrogen-bond donors (Lipinski definition) is 3. The van der Waals surface area contributed by atoms with Crippen LogP contribution < -0.4 is 15.4 Å². The summed E-state index contributed by atoms with van der Waals surface area (Å²) in [6.07, 6.45) is 3.75. The molecule has 1 aromatic heterocycles. The van der Waals surface area contributed by atoms with E-state index in [0.29, 0.717) is 18.9 Å². The second-order valence-corrected chi connectivity index (χ2v) is 8.72. The maximum Gasteiger partial charge on any atom is 0.249 e. The van der Waals surface area contributed by atoms with Crippen molar-refractivity contribution in [2.24, 2.45) is 5.92 Å². The van der Waals surface area contributed by atoms with Crippen LogP contribution in [0.15, 0.2) is 16.3 Å². The molecule has 1 aliphatic heterocycles. The number of nitrogens with one attached hydrogen (secondary N) is 3. The minimum absolute atomic E-state index is 0. The minimum atomic E-state index is -3.39. The number of halogens is 1. The van der Waals surface area contributed by atoms with Gasteiger partial charge in [-0.3, -0.25) is 4.79 Å². The Hall–Kier alpha value is -0.670. The van der Waals surface area contributed by atoms with E-state index in [9.17, 15) is 13.2 Å². The highest BCUT2D eigenvalue weighted by molar-refractivity contribution is 7.91. The van der Waals surface area contributed by atoms with Gasteiger partial charge in [-0.05, 0) is 57.5 Å². The van der Waals surface area contributed by atoms with Crippen LogP contribution in [0, 0.1) is 5.92 Å². The lowest BCUT2D eigenvalue weighted by molar-refractivity contribution is -0.121. The Labute approximate surface area is 147 Å². The number of carbonyl (C=O) groups is 1. The molecule has 9 heteroatoms. The maximum absolute atomic E-state index is 11.9. The van der Waals surface area contributed by atoms with Gasteiger partial charge >= 0.3 is 0 Å². The van der Waals surface area contributed by atoms with Crippen molar-refractivity contribution in [3.8, 4) is 0 Å². The predicted octanol–water partition coefficient (Wildman–Crippen LogP) is 1.47. The molecule has 0 bridgehead atoms. The lowest BCUT2D eigenvalue weighted by Gasteiger charge is -2.22. The number of amides is 1. The first kappa shape index (κ1) is 20.4. The van der Waals surface area contributed by atoms with E-state index in [1.807, 2.05) is 0 Å². The summed E-state index contributed by atoms with van der Waals surface area (Å²) in [6, 6.07) is 3.30. The predicted molar refractivity (Wildman–Crippen MR) is 94.5 cm³/mol. The molecule has 132 valence electrons. The fourth-order valence-corrected chi connectivity index (χ4v) is 4.61. The number of piperidine rings is 1. The van der Waals surface area contributed by atoms with Crippen molar-refractivity contribution in [3.05, 3.63) is 17.0 Å². The van der Waals surface area contributed by atoms with Crippen LogP contribution in [-0.2, 0) is 21.4 Å². The van der Waals surface area contributed by atoms with Crippen LogP contribution in [0.5, 0.6) is 0 Å². The van der Waals surface area contributed by atoms with Crippen LogP contribution >= 0.6 is 23.7 Å². The van der Waals surface area contributed by atoms with Crippen LogP contribution in [0.4, 0.5) is 0 Å². The van der Waals surface area contributed by atoms with Crippen LogP contribution in [0.1, 0.15) is 30.6 Å². The van der Waals surface area contributed by atoms with Crippen molar-refractivity contribution in [2.45, 2.75) is 36.4 Å². The van der Waals surface area contributed by atoms with E-state index in [1.54, 1.807) is 12.1 Å². The Morgan fingerprint density at radius 3 is 2.70 bits per heavy atom. The van der Waals surface area contributed by atoms with E-state index in [2.05, 4.69) is 15.4 Å². The van der Waals surface area contributed by atoms with Gasteiger partial charge in [0.15, 0.2) is 0 Å². The zero-order valence-electron chi connectivity index (χ0n) is 13.1. The third kappa shape index (κ3) is 6.39. The fourth-order valence-electron chi connectivity index (χ4n) is 2.48. The highest BCUT2D eigenvalue weighted by Crippen LogP contribution is 2.21. The van der Waals surface area contributed by atoms with Gasteiger partial charge < -0.3 is 10.6 Å². The number of hydrogen-bond acceptors (Lipinski definition) is 5. The molecule has 1 aromatic rings. The third-order valence-electron chi connectivity index (χ3n) is 3.87. The standard InChI is InChI=1S/C14H23N3O3S2.ClH/c1-15-22(19,20)14-5-3-12(21-14)10-17-13(18)4-2-11-6-8-16-9-7-11;/h3,5,11,15-16H,2,4,6-10H2,1H3,(H,17,18);1H. The molecule has 1 saturated heterocycles. The molecule has 0 saturated carbocycles. The van der Waals surface area contributed by atoms with Gasteiger partial charge in [0, 0.05) is 11.3 Å². The Balaban J connectivity index is 0.00000264. The molecule has 0 spiro atoms. The first-order valence-corrected chi connectivity index (χ1v) is 9.81. The average Bonchev–Trinajstić information content (AvgIpc) is 3.02. The zero-order chi connectivity index (χ0) is 16.0. The summed E-state index contributed by atoms with van der Waals surface area (Å²) in [7, 11) is -2.00. The molecule has 0 radical (unpaired) electrons. The van der Waals surface area contributed by atoms with Crippen molar-refractivity contribution in [2.75, 3.05) is 20.1 Å². The SMILES string of the molecule is CNS(=O)(=O)c1ccc(CNC(=O)CCC2CCNCC2)s1.Cl. The Morgan fingerprint density at radius 1 is 1.35 bits per heavy atom. The molecule has 2 heterocycles. The van der Waals surface area contributed by atoms with Crippen molar-refractivity contribution < 1.29 is 13.2 Å². The summed E-state index contributed by atoms with van der Waals surface area (Å²) in [6.45, 7) is 2.48. The van der Waals surface area contributed by atoms with E-state index >= 15 is 0 Å². The quantitative estimate of drug-likeness (QED) is 0.667. The molecular formula is C14H24ClN3O3S2. The Bertz CT molecular complexity index is 598. The largest absolute Gasteiger partial charge is 0.351 e. The topological polar surface area (TPSA) is 87.3 Å². The minimum Gasteiger partial charge on any atom is -0.351 e. The van der Waals surface area contributed by atoms with E-state index in [0.717, 1.165) is 37.2 Å². The molecule has 0 atom stereocenters. The van der Waals surface area contributed by atoms with Crippen LogP contribution in [-0.4, -0.2) is 34.5 Å². The monoisotopic (exact) mass is 381 g/mol. The van der Waals surface area contributed by atoms with Crippen molar-refractivity contribution >= 4 is 39.7 Å². The number of rotatable bonds is 7. The molecule has 0 aromatic carbocycles. The first-order chi connectivity index (χ1) is 10.5.